The Kier molecular flexibility index (Phi) is 20.0. The standard InChI is InChI=1S/C19H22N4O2.C18H17FN4O3.C4H8.C2H6.CH3NO/c1-3-4-5-10-23-17-7-6-13(2)11-15(17)18(22-23)21-16-12-20-9-8-14(16)19(24)25;19-11-3-4-16-14(8-11)17(22-23(16)10-12-2-1-7-26-12)21-15-9-20-6-5-13(15)18(24)25;1-3-4-2;1-2;1-2-3/h6-9,11-12H,3-5,10H2,1-2H3,(H,21,22)(H,24,25);3-6,8-9,12H,1-2,7,10H2,(H,21,22)(H,24,25);3-4H,1-2H3;1-2H3;1H3/b;;4-3-;;. The summed E-state index contributed by atoms with van der Waals surface area (Å²) in [6.45, 7) is 14.3. The fourth-order valence-electron chi connectivity index (χ4n) is 6.05. The highest BCUT2D eigenvalue weighted by Gasteiger charge is 2.21. The first-order valence-corrected chi connectivity index (χ1v) is 20.0. The van der Waals surface area contributed by atoms with Crippen LogP contribution in [-0.4, -0.2) is 71.4 Å². The molecule has 15 nitrogen and oxygen atoms in total. The maximum atomic E-state index is 13.8. The van der Waals surface area contributed by atoms with Gasteiger partial charge in [-0.1, -0.05) is 62.6 Å². The maximum absolute atomic E-state index is 13.8. The van der Waals surface area contributed by atoms with E-state index >= 15 is 0 Å². The van der Waals surface area contributed by atoms with Crippen molar-refractivity contribution in [1.82, 2.24) is 29.5 Å². The summed E-state index contributed by atoms with van der Waals surface area (Å²) < 4.78 is 23.2. The molecule has 0 bridgehead atoms. The number of aromatic nitrogens is 6. The Bertz CT molecular complexity index is 2310. The number of carbonyl (C=O) groups is 2. The number of anilines is 4. The first-order chi connectivity index (χ1) is 29.0. The Hall–Kier alpha value is -6.55. The molecule has 0 spiro atoms. The number of halogens is 1. The summed E-state index contributed by atoms with van der Waals surface area (Å²) in [7, 11) is 1.19. The summed E-state index contributed by atoms with van der Waals surface area (Å²) in [5.74, 6) is -1.42. The number of aromatic carboxylic acids is 2. The molecule has 4 aromatic heterocycles. The third kappa shape index (κ3) is 13.5. The van der Waals surface area contributed by atoms with E-state index in [1.165, 1.54) is 56.1 Å². The average Bonchev–Trinajstić information content (AvgIpc) is 3.97. The number of nitroso groups, excluding NO2 is 1. The molecule has 16 heteroatoms. The highest BCUT2D eigenvalue weighted by Crippen LogP contribution is 2.30. The monoisotopic (exact) mass is 825 g/mol. The molecule has 2 aromatic carbocycles. The number of benzene rings is 2. The quantitative estimate of drug-likeness (QED) is 0.0518. The predicted molar refractivity (Wildman–Crippen MR) is 235 cm³/mol. The van der Waals surface area contributed by atoms with Crippen LogP contribution in [0, 0.1) is 17.6 Å². The second-order valence-corrected chi connectivity index (χ2v) is 13.2. The molecule has 60 heavy (non-hydrogen) atoms. The zero-order valence-electron chi connectivity index (χ0n) is 35.4. The van der Waals surface area contributed by atoms with Crippen LogP contribution in [0.15, 0.2) is 90.6 Å². The number of nitrogens with one attached hydrogen (secondary N) is 2. The number of hydrogen-bond acceptors (Lipinski definition) is 11. The second kappa shape index (κ2) is 25.0. The van der Waals surface area contributed by atoms with Crippen molar-refractivity contribution < 1.29 is 28.9 Å². The minimum absolute atomic E-state index is 0.0678. The molecule has 6 aromatic rings. The first kappa shape index (κ1) is 47.8. The molecule has 1 unspecified atom stereocenters. The van der Waals surface area contributed by atoms with Crippen molar-refractivity contribution in [2.75, 3.05) is 24.3 Å². The minimum atomic E-state index is -1.08. The molecular formula is C44H56FN9O6. The molecule has 0 radical (unpaired) electrons. The molecule has 320 valence electrons. The smallest absolute Gasteiger partial charge is 0.337 e. The lowest BCUT2D eigenvalue weighted by molar-refractivity contribution is 0.0687. The van der Waals surface area contributed by atoms with Crippen molar-refractivity contribution in [1.29, 1.82) is 0 Å². The molecule has 1 fully saturated rings. The van der Waals surface area contributed by atoms with Gasteiger partial charge in [-0.3, -0.25) is 19.3 Å². The van der Waals surface area contributed by atoms with E-state index in [0.29, 0.717) is 34.9 Å². The van der Waals surface area contributed by atoms with Crippen LogP contribution in [-0.2, 0) is 17.8 Å². The zero-order valence-corrected chi connectivity index (χ0v) is 35.4. The van der Waals surface area contributed by atoms with Crippen molar-refractivity contribution in [3.8, 4) is 0 Å². The minimum Gasteiger partial charge on any atom is -0.478 e. The lowest BCUT2D eigenvalue weighted by Crippen LogP contribution is -2.16. The molecule has 1 atom stereocenters. The summed E-state index contributed by atoms with van der Waals surface area (Å²) in [5.41, 5.74) is 3.92. The number of rotatable bonds is 12. The van der Waals surface area contributed by atoms with Gasteiger partial charge in [-0.05, 0) is 82.5 Å². The van der Waals surface area contributed by atoms with Crippen LogP contribution in [0.3, 0.4) is 0 Å². The summed E-state index contributed by atoms with van der Waals surface area (Å²) in [4.78, 5) is 39.4. The van der Waals surface area contributed by atoms with Gasteiger partial charge in [-0.25, -0.2) is 14.0 Å². The molecule has 0 aliphatic carbocycles. The molecule has 1 aliphatic heterocycles. The van der Waals surface area contributed by atoms with Crippen LogP contribution in [0.5, 0.6) is 0 Å². The van der Waals surface area contributed by atoms with Gasteiger partial charge < -0.3 is 25.6 Å². The van der Waals surface area contributed by atoms with E-state index in [1.54, 1.807) is 10.7 Å². The largest absolute Gasteiger partial charge is 0.478 e. The predicted octanol–water partition coefficient (Wildman–Crippen LogP) is 10.6. The summed E-state index contributed by atoms with van der Waals surface area (Å²) in [6.07, 6.45) is 15.2. The molecule has 1 saturated heterocycles. The Morgan fingerprint density at radius 2 is 1.40 bits per heavy atom. The van der Waals surface area contributed by atoms with Crippen LogP contribution >= 0.6 is 0 Å². The Balaban J connectivity index is 0.000000268. The number of hydrogen-bond donors (Lipinski definition) is 4. The SMILES string of the molecule is C/C=C\C.CC.CCCCCn1nc(Nc2cnccc2C(=O)O)c2cc(C)ccc21.CN=O.O=C(O)c1ccncc1Nc1nn(CC2CCCO2)c2ccc(F)cc12. The van der Waals surface area contributed by atoms with E-state index in [-0.39, 0.29) is 23.0 Å². The van der Waals surface area contributed by atoms with Gasteiger partial charge in [-0.2, -0.15) is 15.1 Å². The Labute approximate surface area is 349 Å². The number of carboxylic acid groups (broad SMARTS) is 2. The average molecular weight is 826 g/mol. The van der Waals surface area contributed by atoms with Crippen LogP contribution in [0.25, 0.3) is 21.8 Å². The van der Waals surface area contributed by atoms with Crippen LogP contribution in [0.4, 0.5) is 27.4 Å². The molecule has 5 heterocycles. The molecule has 4 N–H and O–H groups in total. The first-order valence-electron chi connectivity index (χ1n) is 20.0. The number of carboxylic acids is 2. The number of ether oxygens (including phenoxy) is 1. The second-order valence-electron chi connectivity index (χ2n) is 13.2. The van der Waals surface area contributed by atoms with Gasteiger partial charge in [0, 0.05) is 36.3 Å². The van der Waals surface area contributed by atoms with E-state index in [1.807, 2.05) is 51.5 Å². The van der Waals surface area contributed by atoms with E-state index < -0.39 is 11.9 Å². The van der Waals surface area contributed by atoms with Crippen molar-refractivity contribution in [2.45, 2.75) is 92.8 Å². The topological polar surface area (TPSA) is 199 Å². The lowest BCUT2D eigenvalue weighted by atomic mass is 10.1. The van der Waals surface area contributed by atoms with Gasteiger partial charge in [0.2, 0.25) is 0 Å². The van der Waals surface area contributed by atoms with Crippen molar-refractivity contribution in [3.63, 3.8) is 0 Å². The molecule has 1 aliphatic rings. The number of unbranched alkanes of at least 4 members (excludes halogenated alkanes) is 2. The van der Waals surface area contributed by atoms with Crippen molar-refractivity contribution >= 4 is 56.8 Å². The van der Waals surface area contributed by atoms with E-state index in [0.717, 1.165) is 67.2 Å². The number of nitrogens with zero attached hydrogens (tertiary/aromatic N) is 7. The van der Waals surface area contributed by atoms with Gasteiger partial charge in [-0.15, -0.1) is 0 Å². The lowest BCUT2D eigenvalue weighted by Gasteiger charge is -2.10. The fourth-order valence-corrected chi connectivity index (χ4v) is 6.05. The van der Waals surface area contributed by atoms with Crippen LogP contribution in [0.2, 0.25) is 0 Å². The van der Waals surface area contributed by atoms with Crippen LogP contribution in [0.1, 0.15) is 93.0 Å². The number of pyridine rings is 2. The summed E-state index contributed by atoms with van der Waals surface area (Å²) >= 11 is 0. The number of aryl methyl sites for hydroxylation is 2. The van der Waals surface area contributed by atoms with Crippen LogP contribution < -0.4 is 10.6 Å². The Morgan fingerprint density at radius 1 is 0.867 bits per heavy atom. The normalized spacial score (nSPS) is 12.8. The van der Waals surface area contributed by atoms with Crippen molar-refractivity contribution in [2.24, 2.45) is 5.18 Å². The van der Waals surface area contributed by atoms with Gasteiger partial charge in [0.15, 0.2) is 11.6 Å². The fraction of sp³-hybridized carbons (Fsp3) is 0.364. The van der Waals surface area contributed by atoms with Gasteiger partial charge in [0.25, 0.3) is 0 Å². The molecule has 0 amide bonds. The summed E-state index contributed by atoms with van der Waals surface area (Å²) in [5, 5.41) is 37.8. The van der Waals surface area contributed by atoms with E-state index in [9.17, 15) is 24.2 Å². The highest BCUT2D eigenvalue weighted by atomic mass is 19.1. The molecular weight excluding hydrogens is 770 g/mol. The molecule has 7 rings (SSSR count). The van der Waals surface area contributed by atoms with E-state index in [2.05, 4.69) is 61.1 Å². The Morgan fingerprint density at radius 3 is 1.92 bits per heavy atom. The van der Waals surface area contributed by atoms with Crippen molar-refractivity contribution in [3.05, 3.63) is 113 Å². The summed E-state index contributed by atoms with van der Waals surface area (Å²) in [6, 6.07) is 13.5. The highest BCUT2D eigenvalue weighted by molar-refractivity contribution is 5.99. The zero-order chi connectivity index (χ0) is 44.0. The third-order valence-electron chi connectivity index (χ3n) is 8.93. The van der Waals surface area contributed by atoms with Gasteiger partial charge >= 0.3 is 11.9 Å². The third-order valence-corrected chi connectivity index (χ3v) is 8.93. The number of allylic oxidation sites excluding steroid dienone is 2. The number of fused-ring (bicyclic) bond motifs is 2. The maximum Gasteiger partial charge on any atom is 0.337 e. The van der Waals surface area contributed by atoms with E-state index in [4.69, 9.17) is 9.64 Å². The molecule has 0 saturated carbocycles. The van der Waals surface area contributed by atoms with Gasteiger partial charge in [0.05, 0.1) is 65.6 Å². The van der Waals surface area contributed by atoms with Gasteiger partial charge in [0.1, 0.15) is 5.82 Å².